The van der Waals surface area contributed by atoms with Crippen molar-refractivity contribution in [3.63, 3.8) is 0 Å². The van der Waals surface area contributed by atoms with Crippen LogP contribution in [0.2, 0.25) is 0 Å². The summed E-state index contributed by atoms with van der Waals surface area (Å²) in [5, 5.41) is 15.7. The maximum Gasteiger partial charge on any atom is 0.238 e. The van der Waals surface area contributed by atoms with Crippen molar-refractivity contribution in [3.05, 3.63) is 53.1 Å². The number of amides is 2. The van der Waals surface area contributed by atoms with Gasteiger partial charge in [0, 0.05) is 24.7 Å². The summed E-state index contributed by atoms with van der Waals surface area (Å²) >= 11 is 0. The average molecular weight is 396 g/mol. The number of rotatable bonds is 8. The summed E-state index contributed by atoms with van der Waals surface area (Å²) in [5.41, 5.74) is 4.27. The van der Waals surface area contributed by atoms with E-state index >= 15 is 0 Å². The van der Waals surface area contributed by atoms with Crippen molar-refractivity contribution in [2.45, 2.75) is 46.1 Å². The van der Waals surface area contributed by atoms with Crippen molar-refractivity contribution in [2.24, 2.45) is 0 Å². The van der Waals surface area contributed by atoms with Gasteiger partial charge in [-0.3, -0.25) is 14.5 Å². The van der Waals surface area contributed by atoms with Crippen LogP contribution in [0.15, 0.2) is 36.4 Å². The molecule has 0 unspecified atom stereocenters. The minimum absolute atomic E-state index is 0.0605. The van der Waals surface area contributed by atoms with Crippen LogP contribution in [-0.4, -0.2) is 41.0 Å². The zero-order valence-electron chi connectivity index (χ0n) is 17.3. The van der Waals surface area contributed by atoms with E-state index in [1.54, 1.807) is 12.1 Å². The molecule has 0 bridgehead atoms. The van der Waals surface area contributed by atoms with E-state index in [0.29, 0.717) is 18.3 Å². The summed E-state index contributed by atoms with van der Waals surface area (Å²) in [7, 11) is 0. The molecule has 6 heteroatoms. The zero-order valence-corrected chi connectivity index (χ0v) is 17.3. The highest BCUT2D eigenvalue weighted by atomic mass is 16.3. The lowest BCUT2D eigenvalue weighted by Gasteiger charge is -2.22. The van der Waals surface area contributed by atoms with Gasteiger partial charge in [0.15, 0.2) is 0 Å². The van der Waals surface area contributed by atoms with E-state index in [0.717, 1.165) is 35.2 Å². The van der Waals surface area contributed by atoms with Crippen LogP contribution < -0.4 is 10.6 Å². The van der Waals surface area contributed by atoms with Gasteiger partial charge in [-0.15, -0.1) is 0 Å². The van der Waals surface area contributed by atoms with Gasteiger partial charge >= 0.3 is 0 Å². The zero-order chi connectivity index (χ0) is 21.0. The number of anilines is 2. The molecule has 3 rings (SSSR count). The third kappa shape index (κ3) is 5.81. The van der Waals surface area contributed by atoms with Crippen molar-refractivity contribution in [1.82, 2.24) is 4.90 Å². The smallest absolute Gasteiger partial charge is 0.238 e. The standard InChI is InChI=1S/C23H29N3O3/c1-15-7-10-19(20(27)13-15)24-21(28)11-12-26(18-8-9-18)14-22(29)25-23-16(2)5-4-6-17(23)3/h4-7,10,13,18,27H,8-9,11-12,14H2,1-3H3,(H,24,28)(H,25,29). The average Bonchev–Trinajstić information content (AvgIpc) is 3.49. The highest BCUT2D eigenvalue weighted by Gasteiger charge is 2.30. The molecule has 2 aromatic rings. The van der Waals surface area contributed by atoms with Crippen LogP contribution in [0.3, 0.4) is 0 Å². The molecule has 0 spiro atoms. The highest BCUT2D eigenvalue weighted by molar-refractivity contribution is 5.94. The molecule has 2 aromatic carbocycles. The number of aromatic hydroxyl groups is 1. The number of hydrogen-bond donors (Lipinski definition) is 3. The van der Waals surface area contributed by atoms with Gasteiger partial charge < -0.3 is 15.7 Å². The van der Waals surface area contributed by atoms with Crippen LogP contribution >= 0.6 is 0 Å². The molecule has 2 amide bonds. The topological polar surface area (TPSA) is 81.7 Å². The van der Waals surface area contributed by atoms with Crippen LogP contribution in [0.25, 0.3) is 0 Å². The molecular formula is C23H29N3O3. The molecule has 0 aliphatic heterocycles. The quantitative estimate of drug-likeness (QED) is 0.595. The largest absolute Gasteiger partial charge is 0.506 e. The number of aryl methyl sites for hydroxylation is 3. The van der Waals surface area contributed by atoms with E-state index in [1.807, 2.05) is 45.0 Å². The number of para-hydroxylation sites is 1. The van der Waals surface area contributed by atoms with Crippen LogP contribution in [0.1, 0.15) is 36.0 Å². The normalized spacial score (nSPS) is 13.4. The predicted molar refractivity (Wildman–Crippen MR) is 115 cm³/mol. The van der Waals surface area contributed by atoms with Gasteiger partial charge in [-0.2, -0.15) is 0 Å². The summed E-state index contributed by atoms with van der Waals surface area (Å²) in [4.78, 5) is 27.0. The molecule has 0 radical (unpaired) electrons. The molecule has 0 saturated heterocycles. The number of phenols is 1. The SMILES string of the molecule is Cc1ccc(NC(=O)CCN(CC(=O)Nc2c(C)cccc2C)C2CC2)c(O)c1. The number of benzene rings is 2. The number of carbonyl (C=O) groups excluding carboxylic acids is 2. The number of carbonyl (C=O) groups is 2. The Morgan fingerprint density at radius 1 is 1.03 bits per heavy atom. The maximum atomic E-state index is 12.6. The molecule has 1 aliphatic carbocycles. The molecule has 1 fully saturated rings. The van der Waals surface area contributed by atoms with E-state index in [1.165, 1.54) is 0 Å². The summed E-state index contributed by atoms with van der Waals surface area (Å²) in [5.74, 6) is -0.179. The minimum atomic E-state index is -0.176. The van der Waals surface area contributed by atoms with Gasteiger partial charge in [-0.05, 0) is 62.4 Å². The number of nitrogens with zero attached hydrogens (tertiary/aromatic N) is 1. The van der Waals surface area contributed by atoms with E-state index in [4.69, 9.17) is 0 Å². The highest BCUT2D eigenvalue weighted by Crippen LogP contribution is 2.28. The fourth-order valence-electron chi connectivity index (χ4n) is 3.41. The van der Waals surface area contributed by atoms with Gasteiger partial charge in [-0.1, -0.05) is 24.3 Å². The Labute approximate surface area is 171 Å². The summed E-state index contributed by atoms with van der Waals surface area (Å²) in [6, 6.07) is 11.4. The van der Waals surface area contributed by atoms with Gasteiger partial charge in [0.05, 0.1) is 12.2 Å². The molecule has 29 heavy (non-hydrogen) atoms. The second-order valence-corrected chi connectivity index (χ2v) is 7.84. The second kappa shape index (κ2) is 9.09. The third-order valence-corrected chi connectivity index (χ3v) is 5.21. The summed E-state index contributed by atoms with van der Waals surface area (Å²) < 4.78 is 0. The molecule has 1 saturated carbocycles. The Hall–Kier alpha value is -2.86. The van der Waals surface area contributed by atoms with E-state index in [9.17, 15) is 14.7 Å². The van der Waals surface area contributed by atoms with Crippen LogP contribution in [0, 0.1) is 20.8 Å². The molecule has 0 aromatic heterocycles. The third-order valence-electron chi connectivity index (χ3n) is 5.21. The molecular weight excluding hydrogens is 366 g/mol. The fourth-order valence-corrected chi connectivity index (χ4v) is 3.41. The first kappa shape index (κ1) is 20.9. The Morgan fingerprint density at radius 3 is 2.34 bits per heavy atom. The van der Waals surface area contributed by atoms with E-state index in [-0.39, 0.29) is 30.5 Å². The summed E-state index contributed by atoms with van der Waals surface area (Å²) in [6.07, 6.45) is 2.37. The lowest BCUT2D eigenvalue weighted by molar-refractivity contribution is -0.119. The predicted octanol–water partition coefficient (Wildman–Crippen LogP) is 3.75. The summed E-state index contributed by atoms with van der Waals surface area (Å²) in [6.45, 7) is 6.60. The van der Waals surface area contributed by atoms with Gasteiger partial charge in [-0.25, -0.2) is 0 Å². The molecule has 1 aliphatic rings. The fraction of sp³-hybridized carbons (Fsp3) is 0.391. The Bertz CT molecular complexity index is 886. The molecule has 0 heterocycles. The first-order valence-electron chi connectivity index (χ1n) is 10.0. The lowest BCUT2D eigenvalue weighted by Crippen LogP contribution is -2.37. The second-order valence-electron chi connectivity index (χ2n) is 7.84. The maximum absolute atomic E-state index is 12.6. The Balaban J connectivity index is 1.53. The Morgan fingerprint density at radius 2 is 1.72 bits per heavy atom. The monoisotopic (exact) mass is 395 g/mol. The first-order valence-corrected chi connectivity index (χ1v) is 10.0. The van der Waals surface area contributed by atoms with Gasteiger partial charge in [0.1, 0.15) is 5.75 Å². The molecule has 3 N–H and O–H groups in total. The van der Waals surface area contributed by atoms with Crippen molar-refractivity contribution < 1.29 is 14.7 Å². The van der Waals surface area contributed by atoms with Gasteiger partial charge in [0.25, 0.3) is 0 Å². The van der Waals surface area contributed by atoms with E-state index < -0.39 is 0 Å². The molecule has 154 valence electrons. The number of phenolic OH excluding ortho intramolecular Hbond substituents is 1. The van der Waals surface area contributed by atoms with Crippen LogP contribution in [0.4, 0.5) is 11.4 Å². The number of nitrogens with one attached hydrogen (secondary N) is 2. The van der Waals surface area contributed by atoms with Crippen molar-refractivity contribution in [1.29, 1.82) is 0 Å². The van der Waals surface area contributed by atoms with E-state index in [2.05, 4.69) is 15.5 Å². The lowest BCUT2D eigenvalue weighted by atomic mass is 10.1. The van der Waals surface area contributed by atoms with Crippen molar-refractivity contribution >= 4 is 23.2 Å². The van der Waals surface area contributed by atoms with Gasteiger partial charge in [0.2, 0.25) is 11.8 Å². The van der Waals surface area contributed by atoms with Crippen LogP contribution in [0.5, 0.6) is 5.75 Å². The molecule has 6 nitrogen and oxygen atoms in total. The van der Waals surface area contributed by atoms with Crippen LogP contribution in [-0.2, 0) is 9.59 Å². The Kier molecular flexibility index (Phi) is 6.54. The first-order chi connectivity index (χ1) is 13.8. The number of hydrogen-bond acceptors (Lipinski definition) is 4. The minimum Gasteiger partial charge on any atom is -0.506 e. The van der Waals surface area contributed by atoms with Crippen molar-refractivity contribution in [3.8, 4) is 5.75 Å². The van der Waals surface area contributed by atoms with Crippen molar-refractivity contribution in [2.75, 3.05) is 23.7 Å². The molecule has 0 atom stereocenters.